The van der Waals surface area contributed by atoms with E-state index in [1.165, 1.54) is 0 Å². The van der Waals surface area contributed by atoms with Crippen LogP contribution in [0.15, 0.2) is 0 Å². The highest BCUT2D eigenvalue weighted by Gasteiger charge is 2.28. The van der Waals surface area contributed by atoms with Gasteiger partial charge in [-0.3, -0.25) is 5.41 Å². The fraction of sp³-hybridized carbons (Fsp3) is 0.800. The van der Waals surface area contributed by atoms with Gasteiger partial charge in [0.15, 0.2) is 0 Å². The van der Waals surface area contributed by atoms with Crippen LogP contribution in [0.5, 0.6) is 0 Å². The Kier molecular flexibility index (Phi) is 1.21. The Morgan fingerprint density at radius 2 is 2.12 bits per heavy atom. The molecule has 4 N–H and O–H groups in total. The molecular formula is C5H10N2O. The number of aliphatic hydroxyl groups is 1. The quantitative estimate of drug-likeness (QED) is 0.323. The van der Waals surface area contributed by atoms with Crippen molar-refractivity contribution in [3.63, 3.8) is 0 Å². The summed E-state index contributed by atoms with van der Waals surface area (Å²) in [5.41, 5.74) is 5.13. The molecule has 8 heavy (non-hydrogen) atoms. The molecule has 3 heteroatoms. The normalized spacial score (nSPS) is 36.1. The summed E-state index contributed by atoms with van der Waals surface area (Å²) in [6.45, 7) is 0. The van der Waals surface area contributed by atoms with E-state index in [1.54, 1.807) is 0 Å². The lowest BCUT2D eigenvalue weighted by molar-refractivity contribution is 0.0694. The Morgan fingerprint density at radius 1 is 1.62 bits per heavy atom. The van der Waals surface area contributed by atoms with Crippen molar-refractivity contribution < 1.29 is 5.11 Å². The predicted octanol–water partition coefficient (Wildman–Crippen LogP) is -0.307. The number of rotatable bonds is 1. The van der Waals surface area contributed by atoms with Crippen LogP contribution in [-0.2, 0) is 0 Å². The first-order valence-corrected chi connectivity index (χ1v) is 2.72. The minimum Gasteiger partial charge on any atom is -0.393 e. The molecule has 0 spiro atoms. The van der Waals surface area contributed by atoms with Gasteiger partial charge < -0.3 is 10.8 Å². The van der Waals surface area contributed by atoms with E-state index >= 15 is 0 Å². The topological polar surface area (TPSA) is 70.1 Å². The third kappa shape index (κ3) is 0.816. The summed E-state index contributed by atoms with van der Waals surface area (Å²) < 4.78 is 0. The Hall–Kier alpha value is -0.570. The second-order valence-corrected chi connectivity index (χ2v) is 2.28. The van der Waals surface area contributed by atoms with Crippen molar-refractivity contribution in [1.29, 1.82) is 5.41 Å². The molecule has 3 nitrogen and oxygen atoms in total. The second kappa shape index (κ2) is 1.74. The van der Waals surface area contributed by atoms with Gasteiger partial charge in [-0.15, -0.1) is 0 Å². The zero-order chi connectivity index (χ0) is 6.15. The van der Waals surface area contributed by atoms with E-state index < -0.39 is 0 Å². The Labute approximate surface area is 48.0 Å². The van der Waals surface area contributed by atoms with Gasteiger partial charge >= 0.3 is 0 Å². The van der Waals surface area contributed by atoms with Crippen molar-refractivity contribution in [2.24, 2.45) is 11.7 Å². The third-order valence-electron chi connectivity index (χ3n) is 1.55. The van der Waals surface area contributed by atoms with E-state index in [1.807, 2.05) is 0 Å². The van der Waals surface area contributed by atoms with Gasteiger partial charge in [-0.2, -0.15) is 0 Å². The van der Waals surface area contributed by atoms with Gasteiger partial charge in [0.2, 0.25) is 0 Å². The first-order valence-electron chi connectivity index (χ1n) is 2.72. The van der Waals surface area contributed by atoms with Crippen molar-refractivity contribution in [3.05, 3.63) is 0 Å². The van der Waals surface area contributed by atoms with Gasteiger partial charge in [0, 0.05) is 5.92 Å². The summed E-state index contributed by atoms with van der Waals surface area (Å²) in [5, 5.41) is 15.6. The molecule has 0 aromatic heterocycles. The molecule has 1 rings (SSSR count). The first kappa shape index (κ1) is 5.56. The molecule has 0 aromatic rings. The number of hydrogen-bond donors (Lipinski definition) is 3. The molecule has 0 radical (unpaired) electrons. The smallest absolute Gasteiger partial charge is 0.0938 e. The van der Waals surface area contributed by atoms with E-state index in [2.05, 4.69) is 0 Å². The van der Waals surface area contributed by atoms with Gasteiger partial charge in [-0.25, -0.2) is 0 Å². The maximum Gasteiger partial charge on any atom is 0.0938 e. The lowest BCUT2D eigenvalue weighted by Gasteiger charge is -2.29. The number of nitrogens with two attached hydrogens (primary N) is 1. The molecule has 0 amide bonds. The fourth-order valence-electron chi connectivity index (χ4n) is 0.842. The van der Waals surface area contributed by atoms with Crippen LogP contribution in [0.25, 0.3) is 0 Å². The highest BCUT2D eigenvalue weighted by molar-refractivity contribution is 5.80. The second-order valence-electron chi connectivity index (χ2n) is 2.28. The maximum atomic E-state index is 8.72. The Bertz CT molecular complexity index is 107. The van der Waals surface area contributed by atoms with Crippen molar-refractivity contribution in [1.82, 2.24) is 0 Å². The molecule has 1 saturated carbocycles. The fourth-order valence-corrected chi connectivity index (χ4v) is 0.842. The van der Waals surface area contributed by atoms with Gasteiger partial charge in [-0.1, -0.05) is 0 Å². The summed E-state index contributed by atoms with van der Waals surface area (Å²) in [5.74, 6) is 0.389. The van der Waals surface area contributed by atoms with Crippen LogP contribution in [-0.4, -0.2) is 17.0 Å². The van der Waals surface area contributed by atoms with Crippen LogP contribution in [0.4, 0.5) is 0 Å². The number of aliphatic hydroxyl groups excluding tert-OH is 1. The third-order valence-corrected chi connectivity index (χ3v) is 1.55. The van der Waals surface area contributed by atoms with E-state index in [9.17, 15) is 0 Å². The highest BCUT2D eigenvalue weighted by Crippen LogP contribution is 2.26. The maximum absolute atomic E-state index is 8.72. The largest absolute Gasteiger partial charge is 0.393 e. The van der Waals surface area contributed by atoms with E-state index in [4.69, 9.17) is 16.2 Å². The molecule has 0 heterocycles. The summed E-state index contributed by atoms with van der Waals surface area (Å²) in [4.78, 5) is 0. The summed E-state index contributed by atoms with van der Waals surface area (Å²) in [7, 11) is 0. The van der Waals surface area contributed by atoms with Gasteiger partial charge in [-0.05, 0) is 12.8 Å². The summed E-state index contributed by atoms with van der Waals surface area (Å²) >= 11 is 0. The lowest BCUT2D eigenvalue weighted by atomic mass is 9.82. The van der Waals surface area contributed by atoms with Crippen LogP contribution < -0.4 is 5.73 Å². The number of amidine groups is 1. The number of nitrogens with one attached hydrogen (secondary N) is 1. The minimum absolute atomic E-state index is 0.171. The van der Waals surface area contributed by atoms with Crippen LogP contribution in [0.1, 0.15) is 12.8 Å². The van der Waals surface area contributed by atoms with Gasteiger partial charge in [0.05, 0.1) is 11.9 Å². The molecule has 0 bridgehead atoms. The highest BCUT2D eigenvalue weighted by atomic mass is 16.3. The average Bonchev–Trinajstić information content (AvgIpc) is 1.57. The van der Waals surface area contributed by atoms with Gasteiger partial charge in [0.1, 0.15) is 0 Å². The molecule has 0 saturated heterocycles. The molecule has 0 atom stereocenters. The summed E-state index contributed by atoms with van der Waals surface area (Å²) in [6.07, 6.45) is 1.19. The van der Waals surface area contributed by atoms with Crippen molar-refractivity contribution in [2.75, 3.05) is 0 Å². The zero-order valence-corrected chi connectivity index (χ0v) is 4.59. The van der Waals surface area contributed by atoms with Crippen LogP contribution >= 0.6 is 0 Å². The standard InChI is InChI=1S/C5H10N2O/c6-5(7)3-1-4(8)2-3/h3-4,8H,1-2H2,(H3,6,7). The van der Waals surface area contributed by atoms with Crippen molar-refractivity contribution >= 4 is 5.84 Å². The van der Waals surface area contributed by atoms with Gasteiger partial charge in [0.25, 0.3) is 0 Å². The predicted molar refractivity (Wildman–Crippen MR) is 30.6 cm³/mol. The Morgan fingerprint density at radius 3 is 2.25 bits per heavy atom. The molecule has 46 valence electrons. The minimum atomic E-state index is -0.191. The molecule has 0 aliphatic heterocycles. The summed E-state index contributed by atoms with van der Waals surface area (Å²) in [6, 6.07) is 0. The Balaban J connectivity index is 2.25. The molecular weight excluding hydrogens is 104 g/mol. The van der Waals surface area contributed by atoms with Crippen LogP contribution in [0.3, 0.4) is 0 Å². The average molecular weight is 114 g/mol. The van der Waals surface area contributed by atoms with Crippen molar-refractivity contribution in [2.45, 2.75) is 18.9 Å². The monoisotopic (exact) mass is 114 g/mol. The zero-order valence-electron chi connectivity index (χ0n) is 4.59. The molecule has 1 fully saturated rings. The van der Waals surface area contributed by atoms with Crippen molar-refractivity contribution in [3.8, 4) is 0 Å². The molecule has 1 aliphatic carbocycles. The van der Waals surface area contributed by atoms with E-state index in [0.29, 0.717) is 12.8 Å². The molecule has 0 unspecified atom stereocenters. The van der Waals surface area contributed by atoms with Crippen LogP contribution in [0.2, 0.25) is 0 Å². The lowest BCUT2D eigenvalue weighted by Crippen LogP contribution is -2.37. The van der Waals surface area contributed by atoms with Crippen LogP contribution in [0, 0.1) is 11.3 Å². The SMILES string of the molecule is N=C(N)C1CC(O)C1. The van der Waals surface area contributed by atoms with E-state index in [-0.39, 0.29) is 17.9 Å². The number of hydrogen-bond acceptors (Lipinski definition) is 2. The molecule has 1 aliphatic rings. The molecule has 0 aromatic carbocycles. The van der Waals surface area contributed by atoms with E-state index in [0.717, 1.165) is 0 Å². The first-order chi connectivity index (χ1) is 3.70.